The lowest BCUT2D eigenvalue weighted by Gasteiger charge is -2.04. The summed E-state index contributed by atoms with van der Waals surface area (Å²) in [5.74, 6) is 0. The summed E-state index contributed by atoms with van der Waals surface area (Å²) in [6.45, 7) is 4.47. The average molecular weight is 160 g/mol. The predicted molar refractivity (Wildman–Crippen MR) is 57.7 cm³/mol. The van der Waals surface area contributed by atoms with Gasteiger partial charge < -0.3 is 0 Å². The first kappa shape index (κ1) is 9.37. The monoisotopic (exact) mass is 160 g/mol. The summed E-state index contributed by atoms with van der Waals surface area (Å²) in [6.07, 6.45) is 3.77. The molecule has 0 saturated heterocycles. The normalized spacial score (nSPS) is 9.83. The van der Waals surface area contributed by atoms with Gasteiger partial charge in [-0.25, -0.2) is 0 Å². The maximum Gasteiger partial charge on any atom is 0.158 e. The van der Waals surface area contributed by atoms with Gasteiger partial charge in [-0.15, -0.1) is 0 Å². The average Bonchev–Trinajstić information content (AvgIpc) is 2.15. The maximum absolute atomic E-state index is 2.26. The van der Waals surface area contributed by atoms with Crippen molar-refractivity contribution >= 4 is 12.7 Å². The van der Waals surface area contributed by atoms with E-state index >= 15 is 0 Å². The summed E-state index contributed by atoms with van der Waals surface area (Å²) in [4.78, 5) is 0. The first-order valence-electron chi connectivity index (χ1n) is 4.95. The van der Waals surface area contributed by atoms with Crippen molar-refractivity contribution in [3.05, 3.63) is 29.8 Å². The molecule has 0 spiro atoms. The molecule has 0 fully saturated rings. The SMILES string of the molecule is CCCBc1ccccc1CC. The van der Waals surface area contributed by atoms with Crippen LogP contribution in [0, 0.1) is 0 Å². The lowest BCUT2D eigenvalue weighted by atomic mass is 9.64. The second-order valence-corrected chi connectivity index (χ2v) is 3.23. The van der Waals surface area contributed by atoms with Crippen molar-refractivity contribution in [3.8, 4) is 0 Å². The minimum atomic E-state index is 1.17. The van der Waals surface area contributed by atoms with Crippen LogP contribution < -0.4 is 5.46 Å². The Balaban J connectivity index is 2.68. The molecular formula is C11H17B. The third-order valence-electron chi connectivity index (χ3n) is 2.30. The highest BCUT2D eigenvalue weighted by molar-refractivity contribution is 6.53. The number of aryl methyl sites for hydroxylation is 1. The van der Waals surface area contributed by atoms with E-state index in [4.69, 9.17) is 0 Å². The van der Waals surface area contributed by atoms with E-state index in [0.29, 0.717) is 0 Å². The van der Waals surface area contributed by atoms with Crippen molar-refractivity contribution < 1.29 is 0 Å². The van der Waals surface area contributed by atoms with Gasteiger partial charge in [0.1, 0.15) is 0 Å². The first-order chi connectivity index (χ1) is 5.88. The zero-order valence-corrected chi connectivity index (χ0v) is 8.14. The summed E-state index contributed by atoms with van der Waals surface area (Å²) in [7, 11) is 1.25. The number of hydrogen-bond donors (Lipinski definition) is 0. The zero-order chi connectivity index (χ0) is 8.81. The molecule has 1 rings (SSSR count). The highest BCUT2D eigenvalue weighted by atomic mass is 13.9. The number of benzene rings is 1. The van der Waals surface area contributed by atoms with E-state index < -0.39 is 0 Å². The first-order valence-corrected chi connectivity index (χ1v) is 4.95. The Morgan fingerprint density at radius 3 is 2.58 bits per heavy atom. The van der Waals surface area contributed by atoms with Gasteiger partial charge in [-0.2, -0.15) is 0 Å². The standard InChI is InChI=1S/C11H17B/c1-3-9-12-11-8-6-5-7-10(11)4-2/h5-8,12H,3-4,9H2,1-2H3. The minimum Gasteiger partial charge on any atom is -0.0814 e. The number of hydrogen-bond acceptors (Lipinski definition) is 0. The number of rotatable bonds is 4. The van der Waals surface area contributed by atoms with Crippen molar-refractivity contribution in [1.29, 1.82) is 0 Å². The molecular weight excluding hydrogens is 143 g/mol. The van der Waals surface area contributed by atoms with Crippen molar-refractivity contribution in [3.63, 3.8) is 0 Å². The van der Waals surface area contributed by atoms with E-state index in [0.717, 1.165) is 0 Å². The highest BCUT2D eigenvalue weighted by Gasteiger charge is 1.99. The van der Waals surface area contributed by atoms with Crippen molar-refractivity contribution in [1.82, 2.24) is 0 Å². The Morgan fingerprint density at radius 1 is 1.17 bits per heavy atom. The van der Waals surface area contributed by atoms with Gasteiger partial charge in [-0.05, 0) is 6.42 Å². The van der Waals surface area contributed by atoms with E-state index in [-0.39, 0.29) is 0 Å². The van der Waals surface area contributed by atoms with Crippen LogP contribution in [-0.2, 0) is 6.42 Å². The van der Waals surface area contributed by atoms with Crippen molar-refractivity contribution in [2.75, 3.05) is 0 Å². The van der Waals surface area contributed by atoms with Crippen LogP contribution in [-0.4, -0.2) is 7.28 Å². The lowest BCUT2D eigenvalue weighted by molar-refractivity contribution is 1.07. The van der Waals surface area contributed by atoms with Crippen molar-refractivity contribution in [2.45, 2.75) is 33.0 Å². The molecule has 0 aliphatic rings. The second kappa shape index (κ2) is 5.02. The summed E-state index contributed by atoms with van der Waals surface area (Å²) in [5, 5.41) is 0. The lowest BCUT2D eigenvalue weighted by Crippen LogP contribution is -2.17. The summed E-state index contributed by atoms with van der Waals surface area (Å²) in [6, 6.07) is 8.78. The van der Waals surface area contributed by atoms with Crippen LogP contribution >= 0.6 is 0 Å². The fraction of sp³-hybridized carbons (Fsp3) is 0.455. The van der Waals surface area contributed by atoms with Crippen LogP contribution in [0.25, 0.3) is 0 Å². The highest BCUT2D eigenvalue weighted by Crippen LogP contribution is 1.98. The van der Waals surface area contributed by atoms with Gasteiger partial charge in [0.25, 0.3) is 0 Å². The van der Waals surface area contributed by atoms with Crippen LogP contribution in [0.2, 0.25) is 6.32 Å². The molecule has 0 unspecified atom stereocenters. The smallest absolute Gasteiger partial charge is 0.0814 e. The summed E-state index contributed by atoms with van der Waals surface area (Å²) >= 11 is 0. The molecule has 0 aliphatic heterocycles. The zero-order valence-electron chi connectivity index (χ0n) is 8.14. The Bertz CT molecular complexity index is 230. The molecule has 0 N–H and O–H groups in total. The van der Waals surface area contributed by atoms with Crippen LogP contribution in [0.15, 0.2) is 24.3 Å². The Labute approximate surface area is 76.2 Å². The van der Waals surface area contributed by atoms with Gasteiger partial charge in [-0.1, -0.05) is 61.9 Å². The molecule has 0 bridgehead atoms. The van der Waals surface area contributed by atoms with E-state index in [1.807, 2.05) is 0 Å². The van der Waals surface area contributed by atoms with Gasteiger partial charge >= 0.3 is 0 Å². The third-order valence-corrected chi connectivity index (χ3v) is 2.30. The molecule has 1 heteroatoms. The maximum atomic E-state index is 2.26. The third kappa shape index (κ3) is 2.40. The quantitative estimate of drug-likeness (QED) is 0.592. The second-order valence-electron chi connectivity index (χ2n) is 3.23. The molecule has 12 heavy (non-hydrogen) atoms. The van der Waals surface area contributed by atoms with Crippen LogP contribution in [0.3, 0.4) is 0 Å². The molecule has 1 aromatic rings. The Morgan fingerprint density at radius 2 is 1.92 bits per heavy atom. The fourth-order valence-electron chi connectivity index (χ4n) is 1.51. The molecule has 0 radical (unpaired) electrons. The van der Waals surface area contributed by atoms with E-state index in [1.54, 1.807) is 5.46 Å². The molecule has 1 aromatic carbocycles. The predicted octanol–water partition coefficient (Wildman–Crippen LogP) is 2.14. The molecule has 0 aromatic heterocycles. The van der Waals surface area contributed by atoms with Gasteiger partial charge in [0.15, 0.2) is 7.28 Å². The molecule has 64 valence electrons. The molecule has 0 atom stereocenters. The van der Waals surface area contributed by atoms with E-state index in [2.05, 4.69) is 38.1 Å². The fourth-order valence-corrected chi connectivity index (χ4v) is 1.51. The van der Waals surface area contributed by atoms with E-state index in [1.165, 1.54) is 32.0 Å². The Kier molecular flexibility index (Phi) is 3.92. The van der Waals surface area contributed by atoms with E-state index in [9.17, 15) is 0 Å². The van der Waals surface area contributed by atoms with Gasteiger partial charge in [-0.3, -0.25) is 0 Å². The molecule has 0 heterocycles. The summed E-state index contributed by atoms with van der Waals surface area (Å²) < 4.78 is 0. The van der Waals surface area contributed by atoms with Crippen LogP contribution in [0.5, 0.6) is 0 Å². The molecule has 0 amide bonds. The molecule has 0 saturated carbocycles. The van der Waals surface area contributed by atoms with Crippen LogP contribution in [0.1, 0.15) is 25.8 Å². The van der Waals surface area contributed by atoms with Gasteiger partial charge in [0.2, 0.25) is 0 Å². The topological polar surface area (TPSA) is 0 Å². The van der Waals surface area contributed by atoms with Crippen molar-refractivity contribution in [2.24, 2.45) is 0 Å². The van der Waals surface area contributed by atoms with Gasteiger partial charge in [0.05, 0.1) is 0 Å². The minimum absolute atomic E-state index is 1.17. The molecule has 0 aliphatic carbocycles. The molecule has 0 nitrogen and oxygen atoms in total. The Hall–Kier alpha value is -0.715. The van der Waals surface area contributed by atoms with Gasteiger partial charge in [0, 0.05) is 0 Å². The van der Waals surface area contributed by atoms with Crippen LogP contribution in [0.4, 0.5) is 0 Å². The summed E-state index contributed by atoms with van der Waals surface area (Å²) in [5.41, 5.74) is 3.06. The largest absolute Gasteiger partial charge is 0.158 e.